The molecule has 0 atom stereocenters. The maximum atomic E-state index is 12.3. The number of rotatable bonds is 6. The molecular weight excluding hydrogens is 282 g/mol. The van der Waals surface area contributed by atoms with E-state index in [1.54, 1.807) is 36.4 Å². The fourth-order valence-electron chi connectivity index (χ4n) is 1.83. The van der Waals surface area contributed by atoms with E-state index in [2.05, 4.69) is 10.1 Å². The number of para-hydroxylation sites is 3. The van der Waals surface area contributed by atoms with Crippen LogP contribution in [0.15, 0.2) is 48.5 Å². The van der Waals surface area contributed by atoms with Crippen LogP contribution in [0.2, 0.25) is 0 Å². The molecule has 1 N–H and O–H groups in total. The molecule has 2 aromatic carbocycles. The summed E-state index contributed by atoms with van der Waals surface area (Å²) in [5, 5.41) is 13.7. The zero-order chi connectivity index (χ0) is 15.2. The van der Waals surface area contributed by atoms with Crippen LogP contribution in [-0.2, 0) is 6.54 Å². The van der Waals surface area contributed by atoms with Gasteiger partial charge in [0, 0.05) is 18.2 Å². The normalized spacial score (nSPS) is 10.4. The SMILES string of the molecule is O=[N+]([O-])c1ccccc1NCc1ccccc1OC(F)F. The lowest BCUT2D eigenvalue weighted by atomic mass is 10.2. The summed E-state index contributed by atoms with van der Waals surface area (Å²) in [6.45, 7) is -2.79. The third kappa shape index (κ3) is 3.88. The van der Waals surface area contributed by atoms with Crippen molar-refractivity contribution < 1.29 is 18.4 Å². The average Bonchev–Trinajstić information content (AvgIpc) is 2.46. The predicted molar refractivity (Wildman–Crippen MR) is 73.5 cm³/mol. The number of nitrogens with one attached hydrogen (secondary N) is 1. The Kier molecular flexibility index (Phi) is 4.65. The van der Waals surface area contributed by atoms with Gasteiger partial charge in [0.05, 0.1) is 4.92 Å². The second-order valence-corrected chi connectivity index (χ2v) is 4.11. The van der Waals surface area contributed by atoms with Crippen molar-refractivity contribution in [3.05, 3.63) is 64.2 Å². The van der Waals surface area contributed by atoms with Gasteiger partial charge in [-0.3, -0.25) is 10.1 Å². The monoisotopic (exact) mass is 294 g/mol. The topological polar surface area (TPSA) is 64.4 Å². The van der Waals surface area contributed by atoms with Crippen molar-refractivity contribution in [3.63, 3.8) is 0 Å². The minimum atomic E-state index is -2.92. The molecule has 0 saturated carbocycles. The standard InChI is InChI=1S/C14H12F2N2O3/c15-14(16)21-13-8-4-1-5-10(13)9-17-11-6-2-3-7-12(11)18(19)20/h1-8,14,17H,9H2. The van der Waals surface area contributed by atoms with Gasteiger partial charge in [-0.05, 0) is 12.1 Å². The summed E-state index contributed by atoms with van der Waals surface area (Å²) in [6, 6.07) is 12.4. The molecule has 0 amide bonds. The number of hydrogen-bond acceptors (Lipinski definition) is 4. The summed E-state index contributed by atoms with van der Waals surface area (Å²) < 4.78 is 29.0. The van der Waals surface area contributed by atoms with Crippen LogP contribution < -0.4 is 10.1 Å². The van der Waals surface area contributed by atoms with Gasteiger partial charge in [-0.25, -0.2) is 0 Å². The van der Waals surface area contributed by atoms with Crippen molar-refractivity contribution in [1.29, 1.82) is 0 Å². The number of benzene rings is 2. The first-order valence-corrected chi connectivity index (χ1v) is 6.08. The molecule has 0 spiro atoms. The molecule has 0 saturated heterocycles. The first-order chi connectivity index (χ1) is 10.1. The number of nitro groups is 1. The predicted octanol–water partition coefficient (Wildman–Crippen LogP) is 3.81. The molecular formula is C14H12F2N2O3. The van der Waals surface area contributed by atoms with Crippen LogP contribution in [-0.4, -0.2) is 11.5 Å². The molecule has 0 aromatic heterocycles. The number of alkyl halides is 2. The Morgan fingerprint density at radius 1 is 1.14 bits per heavy atom. The van der Waals surface area contributed by atoms with Gasteiger partial charge >= 0.3 is 6.61 Å². The van der Waals surface area contributed by atoms with Gasteiger partial charge < -0.3 is 10.1 Å². The Morgan fingerprint density at radius 2 is 1.81 bits per heavy atom. The van der Waals surface area contributed by atoms with Gasteiger partial charge in [0.15, 0.2) is 0 Å². The number of halogens is 2. The number of nitrogens with zero attached hydrogens (tertiary/aromatic N) is 1. The second-order valence-electron chi connectivity index (χ2n) is 4.11. The zero-order valence-electron chi connectivity index (χ0n) is 10.8. The minimum Gasteiger partial charge on any atom is -0.434 e. The minimum absolute atomic E-state index is 0.0404. The summed E-state index contributed by atoms with van der Waals surface area (Å²) in [6.07, 6.45) is 0. The molecule has 0 fully saturated rings. The zero-order valence-corrected chi connectivity index (χ0v) is 10.8. The van der Waals surface area contributed by atoms with Crippen LogP contribution in [0.5, 0.6) is 5.75 Å². The van der Waals surface area contributed by atoms with Crippen molar-refractivity contribution in [3.8, 4) is 5.75 Å². The van der Waals surface area contributed by atoms with Crippen molar-refractivity contribution in [1.82, 2.24) is 0 Å². The van der Waals surface area contributed by atoms with Crippen molar-refractivity contribution in [2.75, 3.05) is 5.32 Å². The molecule has 0 bridgehead atoms. The van der Waals surface area contributed by atoms with Crippen molar-refractivity contribution in [2.45, 2.75) is 13.2 Å². The summed E-state index contributed by atoms with van der Waals surface area (Å²) in [4.78, 5) is 10.4. The number of hydrogen-bond donors (Lipinski definition) is 1. The van der Waals surface area contributed by atoms with E-state index in [0.717, 1.165) is 0 Å². The van der Waals surface area contributed by atoms with Crippen LogP contribution in [0.4, 0.5) is 20.2 Å². The van der Waals surface area contributed by atoms with Crippen LogP contribution >= 0.6 is 0 Å². The summed E-state index contributed by atoms with van der Waals surface area (Å²) in [5.41, 5.74) is 0.718. The fourth-order valence-corrected chi connectivity index (χ4v) is 1.83. The van der Waals surface area contributed by atoms with E-state index in [9.17, 15) is 18.9 Å². The number of ether oxygens (including phenoxy) is 1. The molecule has 2 aromatic rings. The Morgan fingerprint density at radius 3 is 2.52 bits per heavy atom. The highest BCUT2D eigenvalue weighted by Gasteiger charge is 2.13. The molecule has 7 heteroatoms. The molecule has 110 valence electrons. The maximum absolute atomic E-state index is 12.3. The Balaban J connectivity index is 2.15. The summed E-state index contributed by atoms with van der Waals surface area (Å²) in [5.74, 6) is 0.0404. The Labute approximate surface area is 119 Å². The molecule has 2 rings (SSSR count). The Bertz CT molecular complexity index is 635. The van der Waals surface area contributed by atoms with Gasteiger partial charge in [-0.1, -0.05) is 30.3 Å². The quantitative estimate of drug-likeness (QED) is 0.650. The summed E-state index contributed by atoms with van der Waals surface area (Å²) >= 11 is 0. The van der Waals surface area contributed by atoms with E-state index in [0.29, 0.717) is 11.3 Å². The van der Waals surface area contributed by atoms with E-state index in [4.69, 9.17) is 0 Å². The van der Waals surface area contributed by atoms with E-state index in [1.165, 1.54) is 12.1 Å². The van der Waals surface area contributed by atoms with Gasteiger partial charge in [0.25, 0.3) is 5.69 Å². The lowest BCUT2D eigenvalue weighted by Crippen LogP contribution is -2.07. The average molecular weight is 294 g/mol. The first kappa shape index (κ1) is 14.7. The van der Waals surface area contributed by atoms with Gasteiger partial charge in [0.1, 0.15) is 11.4 Å². The van der Waals surface area contributed by atoms with Crippen LogP contribution in [0.1, 0.15) is 5.56 Å². The highest BCUT2D eigenvalue weighted by molar-refractivity contribution is 5.61. The number of anilines is 1. The third-order valence-electron chi connectivity index (χ3n) is 2.76. The lowest BCUT2D eigenvalue weighted by molar-refractivity contribution is -0.384. The molecule has 0 aliphatic carbocycles. The smallest absolute Gasteiger partial charge is 0.387 e. The lowest BCUT2D eigenvalue weighted by Gasteiger charge is -2.12. The molecule has 0 heterocycles. The maximum Gasteiger partial charge on any atom is 0.387 e. The van der Waals surface area contributed by atoms with E-state index in [1.807, 2.05) is 0 Å². The molecule has 21 heavy (non-hydrogen) atoms. The molecule has 0 aliphatic rings. The van der Waals surface area contributed by atoms with E-state index >= 15 is 0 Å². The van der Waals surface area contributed by atoms with E-state index in [-0.39, 0.29) is 18.0 Å². The molecule has 0 radical (unpaired) electrons. The van der Waals surface area contributed by atoms with Crippen LogP contribution in [0, 0.1) is 10.1 Å². The third-order valence-corrected chi connectivity index (χ3v) is 2.76. The highest BCUT2D eigenvalue weighted by Crippen LogP contribution is 2.26. The number of nitro benzene ring substituents is 1. The highest BCUT2D eigenvalue weighted by atomic mass is 19.3. The van der Waals surface area contributed by atoms with Gasteiger partial charge in [0.2, 0.25) is 0 Å². The van der Waals surface area contributed by atoms with Crippen LogP contribution in [0.25, 0.3) is 0 Å². The first-order valence-electron chi connectivity index (χ1n) is 6.08. The van der Waals surface area contributed by atoms with Crippen molar-refractivity contribution in [2.24, 2.45) is 0 Å². The second kappa shape index (κ2) is 6.65. The molecule has 0 unspecified atom stereocenters. The molecule has 5 nitrogen and oxygen atoms in total. The van der Waals surface area contributed by atoms with Crippen molar-refractivity contribution >= 4 is 11.4 Å². The molecule has 0 aliphatic heterocycles. The van der Waals surface area contributed by atoms with Gasteiger partial charge in [-0.2, -0.15) is 8.78 Å². The van der Waals surface area contributed by atoms with Gasteiger partial charge in [-0.15, -0.1) is 0 Å². The summed E-state index contributed by atoms with van der Waals surface area (Å²) in [7, 11) is 0. The Hall–Kier alpha value is -2.70. The van der Waals surface area contributed by atoms with Crippen LogP contribution in [0.3, 0.4) is 0 Å². The largest absolute Gasteiger partial charge is 0.434 e. The fraction of sp³-hybridized carbons (Fsp3) is 0.143. The van der Waals surface area contributed by atoms with E-state index < -0.39 is 11.5 Å².